The number of hydrogen-bond acceptors (Lipinski definition) is 4. The van der Waals surface area contributed by atoms with Gasteiger partial charge in [-0.2, -0.15) is 13.2 Å². The first kappa shape index (κ1) is 16.2. The van der Waals surface area contributed by atoms with Crippen LogP contribution in [-0.4, -0.2) is 27.6 Å². The minimum absolute atomic E-state index is 0.0785. The number of carbonyl (C=O) groups is 1. The zero-order valence-corrected chi connectivity index (χ0v) is 10.9. The van der Waals surface area contributed by atoms with Crippen LogP contribution in [0.1, 0.15) is 31.9 Å². The molecule has 0 fully saturated rings. The molecule has 0 amide bonds. The van der Waals surface area contributed by atoms with Crippen molar-refractivity contribution in [1.29, 1.82) is 0 Å². The Bertz CT molecular complexity index is 452. The molecule has 5 nitrogen and oxygen atoms in total. The molecule has 1 rings (SSSR count). The highest BCUT2D eigenvalue weighted by Gasteiger charge is 2.32. The van der Waals surface area contributed by atoms with Gasteiger partial charge in [-0.05, 0) is 24.8 Å². The average molecular weight is 291 g/mol. The van der Waals surface area contributed by atoms with E-state index in [-0.39, 0.29) is 18.3 Å². The van der Waals surface area contributed by atoms with E-state index in [4.69, 9.17) is 5.11 Å². The van der Waals surface area contributed by atoms with Crippen LogP contribution in [0.5, 0.6) is 0 Å². The van der Waals surface area contributed by atoms with E-state index in [9.17, 15) is 18.0 Å². The van der Waals surface area contributed by atoms with Crippen molar-refractivity contribution in [2.75, 3.05) is 11.9 Å². The van der Waals surface area contributed by atoms with Crippen LogP contribution >= 0.6 is 0 Å². The largest absolute Gasteiger partial charge is 0.481 e. The van der Waals surface area contributed by atoms with Crippen molar-refractivity contribution in [1.82, 2.24) is 9.97 Å². The number of halogens is 3. The Morgan fingerprint density at radius 2 is 2.15 bits per heavy atom. The quantitative estimate of drug-likeness (QED) is 0.808. The highest BCUT2D eigenvalue weighted by molar-refractivity contribution is 5.66. The molecule has 2 N–H and O–H groups in total. The molecule has 1 unspecified atom stereocenters. The second-order valence-electron chi connectivity index (χ2n) is 4.52. The number of alkyl halides is 3. The van der Waals surface area contributed by atoms with Crippen LogP contribution in [0, 0.1) is 5.92 Å². The van der Waals surface area contributed by atoms with Crippen LogP contribution in [-0.2, 0) is 11.0 Å². The van der Waals surface area contributed by atoms with Crippen LogP contribution in [0.2, 0.25) is 0 Å². The molecular weight excluding hydrogens is 275 g/mol. The molecule has 1 aromatic rings. The van der Waals surface area contributed by atoms with E-state index < -0.39 is 17.8 Å². The lowest BCUT2D eigenvalue weighted by atomic mass is 10.0. The van der Waals surface area contributed by atoms with Gasteiger partial charge in [-0.3, -0.25) is 4.79 Å². The molecule has 0 saturated carbocycles. The normalized spacial score (nSPS) is 13.0. The summed E-state index contributed by atoms with van der Waals surface area (Å²) in [6.07, 6.45) is -2.20. The van der Waals surface area contributed by atoms with Gasteiger partial charge >= 0.3 is 12.1 Å². The van der Waals surface area contributed by atoms with Crippen molar-refractivity contribution < 1.29 is 23.1 Å². The second-order valence-corrected chi connectivity index (χ2v) is 4.52. The van der Waals surface area contributed by atoms with Gasteiger partial charge in [0.15, 0.2) is 0 Å². The van der Waals surface area contributed by atoms with Gasteiger partial charge < -0.3 is 10.4 Å². The highest BCUT2D eigenvalue weighted by Crippen LogP contribution is 2.27. The summed E-state index contributed by atoms with van der Waals surface area (Å²) in [5.74, 6) is -0.777. The summed E-state index contributed by atoms with van der Waals surface area (Å²) < 4.78 is 37.3. The summed E-state index contributed by atoms with van der Waals surface area (Å²) in [6, 6.07) is 0.806. The number of nitrogens with one attached hydrogen (secondary N) is 1. The Hall–Kier alpha value is -1.86. The molecule has 0 aliphatic rings. The molecule has 0 bridgehead atoms. The standard InChI is InChI=1S/C12H16F3N3O2/c1-8(2-3-10(19)20)4-6-16-11-17-7-5-9(18-11)12(13,14)15/h5,7-8H,2-4,6H2,1H3,(H,19,20)(H,16,17,18). The third kappa shape index (κ3) is 5.85. The van der Waals surface area contributed by atoms with E-state index in [1.54, 1.807) is 0 Å². The van der Waals surface area contributed by atoms with Gasteiger partial charge in [0.05, 0.1) is 0 Å². The van der Waals surface area contributed by atoms with Crippen LogP contribution < -0.4 is 5.32 Å². The molecular formula is C12H16F3N3O2. The summed E-state index contributed by atoms with van der Waals surface area (Å²) in [6.45, 7) is 2.28. The Morgan fingerprint density at radius 1 is 1.45 bits per heavy atom. The molecule has 20 heavy (non-hydrogen) atoms. The Labute approximate surface area is 114 Å². The van der Waals surface area contributed by atoms with E-state index in [0.717, 1.165) is 12.3 Å². The number of aromatic nitrogens is 2. The number of aliphatic carboxylic acids is 1. The fourth-order valence-electron chi connectivity index (χ4n) is 1.55. The lowest BCUT2D eigenvalue weighted by Crippen LogP contribution is -2.13. The van der Waals surface area contributed by atoms with Crippen LogP contribution in [0.4, 0.5) is 19.1 Å². The molecule has 1 aromatic heterocycles. The summed E-state index contributed by atoms with van der Waals surface area (Å²) in [7, 11) is 0. The first-order chi connectivity index (χ1) is 9.29. The Kier molecular flexibility index (Phi) is 5.72. The van der Waals surface area contributed by atoms with Gasteiger partial charge in [0, 0.05) is 19.2 Å². The lowest BCUT2D eigenvalue weighted by molar-refractivity contribution is -0.141. The van der Waals surface area contributed by atoms with Crippen molar-refractivity contribution in [3.63, 3.8) is 0 Å². The SMILES string of the molecule is CC(CCNc1nccc(C(F)(F)F)n1)CCC(=O)O. The molecule has 0 radical (unpaired) electrons. The molecule has 1 heterocycles. The van der Waals surface area contributed by atoms with Gasteiger partial charge in [0.1, 0.15) is 5.69 Å². The minimum atomic E-state index is -4.49. The van der Waals surface area contributed by atoms with Crippen molar-refractivity contribution >= 4 is 11.9 Å². The van der Waals surface area contributed by atoms with Crippen LogP contribution in [0.3, 0.4) is 0 Å². The molecule has 0 spiro atoms. The fraction of sp³-hybridized carbons (Fsp3) is 0.583. The molecule has 0 aliphatic heterocycles. The maximum Gasteiger partial charge on any atom is 0.433 e. The van der Waals surface area contributed by atoms with E-state index in [1.165, 1.54) is 0 Å². The summed E-state index contributed by atoms with van der Waals surface area (Å²) in [5.41, 5.74) is -0.992. The molecule has 0 aromatic carbocycles. The monoisotopic (exact) mass is 291 g/mol. The number of nitrogens with zero attached hydrogens (tertiary/aromatic N) is 2. The second kappa shape index (κ2) is 7.06. The van der Waals surface area contributed by atoms with Gasteiger partial charge in [-0.25, -0.2) is 9.97 Å². The highest BCUT2D eigenvalue weighted by atomic mass is 19.4. The lowest BCUT2D eigenvalue weighted by Gasteiger charge is -2.11. The molecule has 0 aliphatic carbocycles. The van der Waals surface area contributed by atoms with E-state index in [0.29, 0.717) is 19.4 Å². The molecule has 0 saturated heterocycles. The van der Waals surface area contributed by atoms with Crippen molar-refractivity contribution in [3.8, 4) is 0 Å². The predicted octanol–water partition coefficient (Wildman–Crippen LogP) is 2.80. The number of rotatable bonds is 7. The maximum atomic E-state index is 12.4. The zero-order chi connectivity index (χ0) is 15.2. The Balaban J connectivity index is 2.40. The smallest absolute Gasteiger partial charge is 0.433 e. The van der Waals surface area contributed by atoms with E-state index in [1.807, 2.05) is 6.92 Å². The molecule has 8 heteroatoms. The zero-order valence-electron chi connectivity index (χ0n) is 10.9. The minimum Gasteiger partial charge on any atom is -0.481 e. The topological polar surface area (TPSA) is 75.1 Å². The Morgan fingerprint density at radius 3 is 2.75 bits per heavy atom. The fourth-order valence-corrected chi connectivity index (χ4v) is 1.55. The predicted molar refractivity (Wildman–Crippen MR) is 66.2 cm³/mol. The summed E-state index contributed by atoms with van der Waals surface area (Å²) >= 11 is 0. The number of carboxylic acid groups (broad SMARTS) is 1. The molecule has 1 atom stereocenters. The van der Waals surface area contributed by atoms with Gasteiger partial charge in [0.2, 0.25) is 5.95 Å². The number of carboxylic acids is 1. The van der Waals surface area contributed by atoms with Gasteiger partial charge in [-0.1, -0.05) is 6.92 Å². The molecule has 112 valence electrons. The van der Waals surface area contributed by atoms with Crippen molar-refractivity contribution in [3.05, 3.63) is 18.0 Å². The third-order valence-corrected chi connectivity index (χ3v) is 2.72. The van der Waals surface area contributed by atoms with Gasteiger partial charge in [0.25, 0.3) is 0 Å². The van der Waals surface area contributed by atoms with E-state index >= 15 is 0 Å². The first-order valence-electron chi connectivity index (χ1n) is 6.15. The summed E-state index contributed by atoms with van der Waals surface area (Å²) in [5, 5.41) is 11.2. The van der Waals surface area contributed by atoms with Crippen molar-refractivity contribution in [2.45, 2.75) is 32.4 Å². The summed E-state index contributed by atoms with van der Waals surface area (Å²) in [4.78, 5) is 17.5. The average Bonchev–Trinajstić information content (AvgIpc) is 2.36. The van der Waals surface area contributed by atoms with E-state index in [2.05, 4.69) is 15.3 Å². The third-order valence-electron chi connectivity index (χ3n) is 2.72. The van der Waals surface area contributed by atoms with Crippen molar-refractivity contribution in [2.24, 2.45) is 5.92 Å². The number of anilines is 1. The maximum absolute atomic E-state index is 12.4. The number of hydrogen-bond donors (Lipinski definition) is 2. The van der Waals surface area contributed by atoms with Crippen LogP contribution in [0.15, 0.2) is 12.3 Å². The first-order valence-corrected chi connectivity index (χ1v) is 6.15. The van der Waals surface area contributed by atoms with Gasteiger partial charge in [-0.15, -0.1) is 0 Å². The van der Waals surface area contributed by atoms with Crippen LogP contribution in [0.25, 0.3) is 0 Å².